The van der Waals surface area contributed by atoms with Gasteiger partial charge in [0, 0.05) is 12.6 Å². The van der Waals surface area contributed by atoms with Crippen LogP contribution < -0.4 is 14.8 Å². The molecule has 106 valence electrons. The zero-order valence-corrected chi connectivity index (χ0v) is 12.2. The molecule has 0 saturated carbocycles. The second-order valence-electron chi connectivity index (χ2n) is 5.13. The van der Waals surface area contributed by atoms with Crippen molar-refractivity contribution in [2.24, 2.45) is 0 Å². The minimum absolute atomic E-state index is 0.272. The maximum Gasteiger partial charge on any atom is 0.161 e. The van der Waals surface area contributed by atoms with Crippen LogP contribution in [0.2, 0.25) is 0 Å². The molecule has 1 aromatic carbocycles. The molecule has 0 aromatic heterocycles. The van der Waals surface area contributed by atoms with Crippen molar-refractivity contribution in [1.29, 1.82) is 0 Å². The van der Waals surface area contributed by atoms with E-state index in [9.17, 15) is 0 Å². The molecule has 0 aliphatic carbocycles. The quantitative estimate of drug-likeness (QED) is 0.907. The lowest BCUT2D eigenvalue weighted by Crippen LogP contribution is -2.42. The molecule has 4 nitrogen and oxygen atoms in total. The molecule has 2 rings (SSSR count). The maximum absolute atomic E-state index is 6.02. The predicted octanol–water partition coefficient (Wildman–Crippen LogP) is 2.32. The molecule has 1 N–H and O–H groups in total. The summed E-state index contributed by atoms with van der Waals surface area (Å²) in [6.45, 7) is 2.91. The number of benzene rings is 1. The van der Waals surface area contributed by atoms with Gasteiger partial charge in [-0.15, -0.1) is 0 Å². The van der Waals surface area contributed by atoms with Crippen molar-refractivity contribution in [2.45, 2.75) is 31.4 Å². The molecule has 2 atom stereocenters. The van der Waals surface area contributed by atoms with Gasteiger partial charge in [-0.25, -0.2) is 0 Å². The van der Waals surface area contributed by atoms with Crippen LogP contribution in [-0.2, 0) is 10.3 Å². The number of rotatable bonds is 4. The number of hydrogen-bond acceptors (Lipinski definition) is 4. The van der Waals surface area contributed by atoms with Crippen LogP contribution >= 0.6 is 0 Å². The molecule has 1 aliphatic heterocycles. The van der Waals surface area contributed by atoms with Crippen LogP contribution in [0, 0.1) is 0 Å². The van der Waals surface area contributed by atoms with E-state index >= 15 is 0 Å². The fourth-order valence-corrected chi connectivity index (χ4v) is 2.67. The Morgan fingerprint density at radius 3 is 2.63 bits per heavy atom. The Kier molecular flexibility index (Phi) is 4.32. The number of nitrogens with one attached hydrogen (secondary N) is 1. The van der Waals surface area contributed by atoms with Crippen molar-refractivity contribution in [3.8, 4) is 11.5 Å². The van der Waals surface area contributed by atoms with Crippen molar-refractivity contribution < 1.29 is 14.2 Å². The van der Waals surface area contributed by atoms with Gasteiger partial charge in [-0.2, -0.15) is 0 Å². The Hall–Kier alpha value is -1.26. The van der Waals surface area contributed by atoms with Gasteiger partial charge < -0.3 is 19.5 Å². The predicted molar refractivity (Wildman–Crippen MR) is 74.9 cm³/mol. The Morgan fingerprint density at radius 1 is 1.26 bits per heavy atom. The summed E-state index contributed by atoms with van der Waals surface area (Å²) in [4.78, 5) is 0. The Balaban J connectivity index is 2.29. The van der Waals surface area contributed by atoms with Gasteiger partial charge in [-0.3, -0.25) is 0 Å². The van der Waals surface area contributed by atoms with E-state index in [2.05, 4.69) is 18.3 Å². The Bertz CT molecular complexity index is 435. The van der Waals surface area contributed by atoms with Crippen LogP contribution in [0.25, 0.3) is 0 Å². The minimum atomic E-state index is -0.272. The molecule has 1 aromatic rings. The van der Waals surface area contributed by atoms with E-state index in [1.165, 1.54) is 0 Å². The van der Waals surface area contributed by atoms with Crippen LogP contribution in [0.15, 0.2) is 18.2 Å². The molecule has 0 spiro atoms. The van der Waals surface area contributed by atoms with E-state index in [0.717, 1.165) is 36.5 Å². The first-order valence-electron chi connectivity index (χ1n) is 6.66. The number of methoxy groups -OCH3 is 2. The summed E-state index contributed by atoms with van der Waals surface area (Å²) in [5, 5.41) is 3.34. The second kappa shape index (κ2) is 5.80. The fourth-order valence-electron chi connectivity index (χ4n) is 2.67. The summed E-state index contributed by atoms with van der Waals surface area (Å²) in [5.41, 5.74) is 0.857. The van der Waals surface area contributed by atoms with Crippen molar-refractivity contribution in [2.75, 3.05) is 27.9 Å². The third-order valence-corrected chi connectivity index (χ3v) is 3.93. The molecular formula is C15H23NO3. The first-order valence-corrected chi connectivity index (χ1v) is 6.66. The van der Waals surface area contributed by atoms with E-state index in [1.807, 2.05) is 19.2 Å². The SMILES string of the molecule is CNC1CCOC(C)(c2ccc(OC)c(OC)c2)C1. The lowest BCUT2D eigenvalue weighted by molar-refractivity contribution is -0.0805. The summed E-state index contributed by atoms with van der Waals surface area (Å²) in [6.07, 6.45) is 2.01. The van der Waals surface area contributed by atoms with Gasteiger partial charge >= 0.3 is 0 Å². The van der Waals surface area contributed by atoms with Gasteiger partial charge in [-0.05, 0) is 44.5 Å². The third kappa shape index (κ3) is 2.85. The normalized spacial score (nSPS) is 27.1. The average Bonchev–Trinajstić information content (AvgIpc) is 2.46. The first-order chi connectivity index (χ1) is 9.12. The highest BCUT2D eigenvalue weighted by atomic mass is 16.5. The van der Waals surface area contributed by atoms with Gasteiger partial charge in [0.15, 0.2) is 11.5 Å². The molecule has 1 fully saturated rings. The highest BCUT2D eigenvalue weighted by Gasteiger charge is 2.34. The Labute approximate surface area is 115 Å². The molecule has 1 saturated heterocycles. The van der Waals surface area contributed by atoms with Gasteiger partial charge in [0.2, 0.25) is 0 Å². The summed E-state index contributed by atoms with van der Waals surface area (Å²) < 4.78 is 16.7. The smallest absolute Gasteiger partial charge is 0.161 e. The van der Waals surface area contributed by atoms with E-state index < -0.39 is 0 Å². The summed E-state index contributed by atoms with van der Waals surface area (Å²) in [6, 6.07) is 6.49. The summed E-state index contributed by atoms with van der Waals surface area (Å²) in [7, 11) is 5.31. The summed E-state index contributed by atoms with van der Waals surface area (Å²) >= 11 is 0. The van der Waals surface area contributed by atoms with Crippen LogP contribution in [-0.4, -0.2) is 33.9 Å². The van der Waals surface area contributed by atoms with Gasteiger partial charge in [0.1, 0.15) is 0 Å². The molecule has 19 heavy (non-hydrogen) atoms. The van der Waals surface area contributed by atoms with E-state index in [-0.39, 0.29) is 5.60 Å². The van der Waals surface area contributed by atoms with Crippen molar-refractivity contribution in [3.63, 3.8) is 0 Å². The van der Waals surface area contributed by atoms with Gasteiger partial charge in [-0.1, -0.05) is 6.07 Å². The second-order valence-corrected chi connectivity index (χ2v) is 5.13. The van der Waals surface area contributed by atoms with Crippen molar-refractivity contribution in [1.82, 2.24) is 5.32 Å². The molecule has 4 heteroatoms. The zero-order chi connectivity index (χ0) is 13.9. The van der Waals surface area contributed by atoms with Gasteiger partial charge in [0.25, 0.3) is 0 Å². The number of hydrogen-bond donors (Lipinski definition) is 1. The van der Waals surface area contributed by atoms with E-state index in [0.29, 0.717) is 6.04 Å². The zero-order valence-electron chi connectivity index (χ0n) is 12.2. The topological polar surface area (TPSA) is 39.7 Å². The molecule has 0 amide bonds. The lowest BCUT2D eigenvalue weighted by Gasteiger charge is -2.38. The van der Waals surface area contributed by atoms with E-state index in [1.54, 1.807) is 14.2 Å². The lowest BCUT2D eigenvalue weighted by atomic mass is 9.85. The monoisotopic (exact) mass is 265 g/mol. The first kappa shape index (κ1) is 14.2. The highest BCUT2D eigenvalue weighted by Crippen LogP contribution is 2.38. The number of ether oxygens (including phenoxy) is 3. The molecule has 0 bridgehead atoms. The molecule has 1 aliphatic rings. The molecular weight excluding hydrogens is 242 g/mol. The largest absolute Gasteiger partial charge is 0.493 e. The van der Waals surface area contributed by atoms with E-state index in [4.69, 9.17) is 14.2 Å². The van der Waals surface area contributed by atoms with Crippen molar-refractivity contribution in [3.05, 3.63) is 23.8 Å². The summed E-state index contributed by atoms with van der Waals surface area (Å²) in [5.74, 6) is 1.49. The van der Waals surface area contributed by atoms with Gasteiger partial charge in [0.05, 0.1) is 19.8 Å². The van der Waals surface area contributed by atoms with Crippen LogP contribution in [0.5, 0.6) is 11.5 Å². The minimum Gasteiger partial charge on any atom is -0.493 e. The molecule has 2 unspecified atom stereocenters. The van der Waals surface area contributed by atoms with Crippen LogP contribution in [0.3, 0.4) is 0 Å². The van der Waals surface area contributed by atoms with Crippen molar-refractivity contribution >= 4 is 0 Å². The van der Waals surface area contributed by atoms with Crippen LogP contribution in [0.4, 0.5) is 0 Å². The average molecular weight is 265 g/mol. The fraction of sp³-hybridized carbons (Fsp3) is 0.600. The molecule has 0 radical (unpaired) electrons. The maximum atomic E-state index is 6.02. The highest BCUT2D eigenvalue weighted by molar-refractivity contribution is 5.44. The standard InChI is InChI=1S/C15H23NO3/c1-15(10-12(16-2)7-8-19-15)11-5-6-13(17-3)14(9-11)18-4/h5-6,9,12,16H,7-8,10H2,1-4H3. The third-order valence-electron chi connectivity index (χ3n) is 3.93. The van der Waals surface area contributed by atoms with Crippen LogP contribution in [0.1, 0.15) is 25.3 Å². The molecule has 1 heterocycles. The Morgan fingerprint density at radius 2 is 2.00 bits per heavy atom.